The van der Waals surface area contributed by atoms with Crippen LogP contribution in [0, 0.1) is 6.92 Å². The maximum atomic E-state index is 5.33. The number of rotatable bonds is 3. The van der Waals surface area contributed by atoms with Crippen LogP contribution in [-0.4, -0.2) is 22.3 Å². The van der Waals surface area contributed by atoms with Crippen LogP contribution in [0.15, 0.2) is 18.2 Å². The van der Waals surface area contributed by atoms with Crippen molar-refractivity contribution in [2.75, 3.05) is 7.11 Å². The summed E-state index contributed by atoms with van der Waals surface area (Å²) in [5.74, 6) is 2.72. The van der Waals surface area contributed by atoms with Gasteiger partial charge < -0.3 is 4.74 Å². The number of hydrogen-bond acceptors (Lipinski definition) is 3. The van der Waals surface area contributed by atoms with E-state index in [2.05, 4.69) is 29.0 Å². The van der Waals surface area contributed by atoms with Gasteiger partial charge in [0.05, 0.1) is 12.7 Å². The van der Waals surface area contributed by atoms with Crippen LogP contribution in [0.25, 0.3) is 11.4 Å². The second-order valence-corrected chi connectivity index (χ2v) is 4.40. The molecule has 0 atom stereocenters. The molecule has 90 valence electrons. The molecule has 2 aromatic rings. The number of nitrogens with zero attached hydrogens (tertiary/aromatic N) is 2. The maximum Gasteiger partial charge on any atom is 0.184 e. The molecule has 0 fully saturated rings. The van der Waals surface area contributed by atoms with Crippen molar-refractivity contribution in [2.24, 2.45) is 0 Å². The minimum absolute atomic E-state index is 0.340. The third-order valence-corrected chi connectivity index (χ3v) is 2.65. The fraction of sp³-hybridized carbons (Fsp3) is 0.385. The Kier molecular flexibility index (Phi) is 3.13. The van der Waals surface area contributed by atoms with Crippen molar-refractivity contribution < 1.29 is 4.74 Å². The van der Waals surface area contributed by atoms with Gasteiger partial charge in [0.1, 0.15) is 11.6 Å². The van der Waals surface area contributed by atoms with E-state index in [-0.39, 0.29) is 0 Å². The molecule has 0 radical (unpaired) electrons. The number of aromatic nitrogens is 3. The Bertz CT molecular complexity index is 517. The highest BCUT2D eigenvalue weighted by atomic mass is 16.5. The second-order valence-electron chi connectivity index (χ2n) is 4.40. The molecule has 0 spiro atoms. The summed E-state index contributed by atoms with van der Waals surface area (Å²) in [4.78, 5) is 4.48. The molecule has 0 aliphatic rings. The van der Waals surface area contributed by atoms with Gasteiger partial charge >= 0.3 is 0 Å². The Labute approximate surface area is 101 Å². The maximum absolute atomic E-state index is 5.33. The lowest BCUT2D eigenvalue weighted by Crippen LogP contribution is -1.91. The topological polar surface area (TPSA) is 50.8 Å². The lowest BCUT2D eigenvalue weighted by Gasteiger charge is -2.06. The number of ether oxygens (including phenoxy) is 1. The van der Waals surface area contributed by atoms with Gasteiger partial charge in [-0.25, -0.2) is 4.98 Å². The molecular formula is C13H17N3O. The van der Waals surface area contributed by atoms with Crippen LogP contribution in [0.4, 0.5) is 0 Å². The molecule has 4 heteroatoms. The molecule has 0 amide bonds. The quantitative estimate of drug-likeness (QED) is 0.883. The van der Waals surface area contributed by atoms with E-state index in [9.17, 15) is 0 Å². The fourth-order valence-corrected chi connectivity index (χ4v) is 1.65. The van der Waals surface area contributed by atoms with Crippen molar-refractivity contribution in [3.8, 4) is 17.1 Å². The van der Waals surface area contributed by atoms with Gasteiger partial charge in [-0.05, 0) is 19.1 Å². The number of aromatic amines is 1. The van der Waals surface area contributed by atoms with Crippen molar-refractivity contribution >= 4 is 0 Å². The molecule has 17 heavy (non-hydrogen) atoms. The SMILES string of the molecule is COc1ccc(C)cc1-c1n[nH]c(C(C)C)n1. The van der Waals surface area contributed by atoms with E-state index in [1.54, 1.807) is 7.11 Å². The Morgan fingerprint density at radius 1 is 1.29 bits per heavy atom. The molecule has 1 aromatic carbocycles. The van der Waals surface area contributed by atoms with Crippen molar-refractivity contribution in [3.63, 3.8) is 0 Å². The molecule has 0 saturated heterocycles. The normalized spacial score (nSPS) is 10.9. The molecule has 2 rings (SSSR count). The van der Waals surface area contributed by atoms with Crippen LogP contribution in [0.3, 0.4) is 0 Å². The Hall–Kier alpha value is -1.84. The lowest BCUT2D eigenvalue weighted by atomic mass is 10.1. The lowest BCUT2D eigenvalue weighted by molar-refractivity contribution is 0.416. The molecule has 0 aliphatic heterocycles. The van der Waals surface area contributed by atoms with Gasteiger partial charge in [-0.1, -0.05) is 25.5 Å². The van der Waals surface area contributed by atoms with Crippen molar-refractivity contribution in [1.82, 2.24) is 15.2 Å². The summed E-state index contributed by atoms with van der Waals surface area (Å²) in [5, 5.41) is 7.20. The van der Waals surface area contributed by atoms with Gasteiger partial charge in [0, 0.05) is 5.92 Å². The Balaban J connectivity index is 2.47. The molecule has 4 nitrogen and oxygen atoms in total. The molecule has 1 aromatic heterocycles. The predicted octanol–water partition coefficient (Wildman–Crippen LogP) is 2.91. The number of methoxy groups -OCH3 is 1. The molecule has 0 saturated carbocycles. The monoisotopic (exact) mass is 231 g/mol. The number of H-pyrrole nitrogens is 1. The zero-order chi connectivity index (χ0) is 12.4. The summed E-state index contributed by atoms with van der Waals surface area (Å²) in [6, 6.07) is 5.99. The van der Waals surface area contributed by atoms with Gasteiger partial charge in [0.2, 0.25) is 0 Å². The summed E-state index contributed by atoms with van der Waals surface area (Å²) in [5.41, 5.74) is 2.09. The number of nitrogens with one attached hydrogen (secondary N) is 1. The molecule has 1 N–H and O–H groups in total. The van der Waals surface area contributed by atoms with E-state index >= 15 is 0 Å². The van der Waals surface area contributed by atoms with Gasteiger partial charge in [0.25, 0.3) is 0 Å². The summed E-state index contributed by atoms with van der Waals surface area (Å²) < 4.78 is 5.33. The van der Waals surface area contributed by atoms with Crippen LogP contribution >= 0.6 is 0 Å². The third kappa shape index (κ3) is 2.30. The molecule has 0 unspecified atom stereocenters. The zero-order valence-corrected chi connectivity index (χ0v) is 10.6. The molecule has 0 aliphatic carbocycles. The van der Waals surface area contributed by atoms with E-state index in [1.165, 1.54) is 0 Å². The highest BCUT2D eigenvalue weighted by Crippen LogP contribution is 2.28. The first-order valence-electron chi connectivity index (χ1n) is 5.69. The van der Waals surface area contributed by atoms with E-state index in [4.69, 9.17) is 4.74 Å². The highest BCUT2D eigenvalue weighted by Gasteiger charge is 2.12. The van der Waals surface area contributed by atoms with Crippen LogP contribution in [0.5, 0.6) is 5.75 Å². The predicted molar refractivity (Wildman–Crippen MR) is 67.2 cm³/mol. The average molecular weight is 231 g/mol. The number of hydrogen-bond donors (Lipinski definition) is 1. The third-order valence-electron chi connectivity index (χ3n) is 2.65. The van der Waals surface area contributed by atoms with Gasteiger partial charge in [-0.15, -0.1) is 0 Å². The van der Waals surface area contributed by atoms with Gasteiger partial charge in [-0.3, -0.25) is 5.10 Å². The van der Waals surface area contributed by atoms with Crippen LogP contribution < -0.4 is 4.74 Å². The number of aryl methyl sites for hydroxylation is 1. The summed E-state index contributed by atoms with van der Waals surface area (Å²) >= 11 is 0. The smallest absolute Gasteiger partial charge is 0.184 e. The minimum atomic E-state index is 0.340. The molecule has 1 heterocycles. The minimum Gasteiger partial charge on any atom is -0.496 e. The van der Waals surface area contributed by atoms with Crippen molar-refractivity contribution in [2.45, 2.75) is 26.7 Å². The van der Waals surface area contributed by atoms with E-state index in [1.807, 2.05) is 25.1 Å². The fourth-order valence-electron chi connectivity index (χ4n) is 1.65. The first-order chi connectivity index (χ1) is 8.11. The summed E-state index contributed by atoms with van der Waals surface area (Å²) in [7, 11) is 1.66. The van der Waals surface area contributed by atoms with Crippen molar-refractivity contribution in [3.05, 3.63) is 29.6 Å². The Morgan fingerprint density at radius 3 is 2.65 bits per heavy atom. The molecule has 0 bridgehead atoms. The Morgan fingerprint density at radius 2 is 2.06 bits per heavy atom. The largest absolute Gasteiger partial charge is 0.496 e. The zero-order valence-electron chi connectivity index (χ0n) is 10.6. The van der Waals surface area contributed by atoms with E-state index < -0.39 is 0 Å². The molecular weight excluding hydrogens is 214 g/mol. The number of benzene rings is 1. The summed E-state index contributed by atoms with van der Waals surface area (Å²) in [6.07, 6.45) is 0. The van der Waals surface area contributed by atoms with Gasteiger partial charge in [-0.2, -0.15) is 5.10 Å². The van der Waals surface area contributed by atoms with Crippen LogP contribution in [-0.2, 0) is 0 Å². The van der Waals surface area contributed by atoms with E-state index in [0.717, 1.165) is 22.7 Å². The second kappa shape index (κ2) is 4.57. The summed E-state index contributed by atoms with van der Waals surface area (Å²) in [6.45, 7) is 6.20. The van der Waals surface area contributed by atoms with Crippen LogP contribution in [0.1, 0.15) is 31.2 Å². The first kappa shape index (κ1) is 11.6. The van der Waals surface area contributed by atoms with Gasteiger partial charge in [0.15, 0.2) is 5.82 Å². The van der Waals surface area contributed by atoms with Crippen molar-refractivity contribution in [1.29, 1.82) is 0 Å². The average Bonchev–Trinajstić information content (AvgIpc) is 2.78. The van der Waals surface area contributed by atoms with Crippen LogP contribution in [0.2, 0.25) is 0 Å². The van der Waals surface area contributed by atoms with E-state index in [0.29, 0.717) is 11.7 Å². The standard InChI is InChI=1S/C13H17N3O/c1-8(2)12-14-13(16-15-12)10-7-9(3)5-6-11(10)17-4/h5-8H,1-4H3,(H,14,15,16). The first-order valence-corrected chi connectivity index (χ1v) is 5.69. The highest BCUT2D eigenvalue weighted by molar-refractivity contribution is 5.64.